The summed E-state index contributed by atoms with van der Waals surface area (Å²) in [5, 5.41) is 6.62. The Hall–Kier alpha value is -1.92. The number of hydrogen-bond acceptors (Lipinski definition) is 4. The first kappa shape index (κ1) is 13.5. The summed E-state index contributed by atoms with van der Waals surface area (Å²) >= 11 is 0. The number of carbonyl (C=O) groups is 2. The van der Waals surface area contributed by atoms with Crippen LogP contribution in [0.2, 0.25) is 0 Å². The van der Waals surface area contributed by atoms with Gasteiger partial charge in [0.1, 0.15) is 18.2 Å². The molecule has 0 aromatic carbocycles. The molecular weight excluding hydrogens is 246 g/mol. The molecule has 0 bridgehead atoms. The van der Waals surface area contributed by atoms with Crippen LogP contribution in [0.25, 0.3) is 0 Å². The number of nitrogens with zero attached hydrogens (tertiary/aromatic N) is 4. The van der Waals surface area contributed by atoms with E-state index in [9.17, 15) is 9.59 Å². The molecule has 2 amide bonds. The van der Waals surface area contributed by atoms with Gasteiger partial charge in [0, 0.05) is 7.05 Å². The Kier molecular flexibility index (Phi) is 3.30. The molecule has 19 heavy (non-hydrogen) atoms. The summed E-state index contributed by atoms with van der Waals surface area (Å²) in [5.74, 6) is 0.453. The number of aryl methyl sites for hydroxylation is 1. The summed E-state index contributed by atoms with van der Waals surface area (Å²) in [6.07, 6.45) is 1.44. The first-order chi connectivity index (χ1) is 8.80. The van der Waals surface area contributed by atoms with Crippen molar-refractivity contribution in [2.75, 3.05) is 6.54 Å². The topological polar surface area (TPSA) is 80.1 Å². The van der Waals surface area contributed by atoms with Gasteiger partial charge in [-0.05, 0) is 5.41 Å². The monoisotopic (exact) mass is 265 g/mol. The van der Waals surface area contributed by atoms with E-state index in [2.05, 4.69) is 15.4 Å². The largest absolute Gasteiger partial charge is 0.345 e. The van der Waals surface area contributed by atoms with E-state index in [1.54, 1.807) is 16.6 Å². The highest BCUT2D eigenvalue weighted by molar-refractivity contribution is 5.95. The van der Waals surface area contributed by atoms with Crippen LogP contribution < -0.4 is 5.32 Å². The fourth-order valence-electron chi connectivity index (χ4n) is 2.30. The number of rotatable bonds is 2. The lowest BCUT2D eigenvalue weighted by Crippen LogP contribution is -2.62. The Balaban J connectivity index is 2.30. The molecule has 2 rings (SSSR count). The van der Waals surface area contributed by atoms with Gasteiger partial charge in [-0.1, -0.05) is 20.8 Å². The highest BCUT2D eigenvalue weighted by Gasteiger charge is 2.42. The third-order valence-electron chi connectivity index (χ3n) is 3.23. The maximum atomic E-state index is 12.1. The van der Waals surface area contributed by atoms with Gasteiger partial charge in [0.2, 0.25) is 11.8 Å². The third kappa shape index (κ3) is 2.59. The van der Waals surface area contributed by atoms with Crippen LogP contribution in [0.4, 0.5) is 0 Å². The lowest BCUT2D eigenvalue weighted by molar-refractivity contribution is -0.150. The number of carbonyl (C=O) groups excluding carboxylic acids is 2. The van der Waals surface area contributed by atoms with Crippen molar-refractivity contribution in [3.63, 3.8) is 0 Å². The lowest BCUT2D eigenvalue weighted by atomic mass is 9.84. The number of hydrogen-bond donors (Lipinski definition) is 1. The van der Waals surface area contributed by atoms with Crippen LogP contribution in [0.15, 0.2) is 6.33 Å². The van der Waals surface area contributed by atoms with E-state index < -0.39 is 6.04 Å². The predicted octanol–water partition coefficient (Wildman–Crippen LogP) is -0.312. The smallest absolute Gasteiger partial charge is 0.243 e. The molecule has 1 atom stereocenters. The number of aromatic nitrogens is 3. The van der Waals surface area contributed by atoms with Gasteiger partial charge in [-0.3, -0.25) is 14.3 Å². The highest BCUT2D eigenvalue weighted by atomic mass is 16.2. The van der Waals surface area contributed by atoms with E-state index in [0.717, 1.165) is 0 Å². The van der Waals surface area contributed by atoms with Crippen molar-refractivity contribution in [1.29, 1.82) is 0 Å². The van der Waals surface area contributed by atoms with Gasteiger partial charge >= 0.3 is 0 Å². The molecule has 7 heteroatoms. The van der Waals surface area contributed by atoms with Gasteiger partial charge in [0.15, 0.2) is 0 Å². The Morgan fingerprint density at radius 1 is 1.42 bits per heavy atom. The average molecular weight is 265 g/mol. The van der Waals surface area contributed by atoms with Gasteiger partial charge in [-0.2, -0.15) is 5.10 Å². The highest BCUT2D eigenvalue weighted by Crippen LogP contribution is 2.27. The van der Waals surface area contributed by atoms with Crippen LogP contribution in [0, 0.1) is 5.41 Å². The molecular formula is C12H19N5O2. The molecule has 2 heterocycles. The zero-order chi connectivity index (χ0) is 14.2. The van der Waals surface area contributed by atoms with Crippen molar-refractivity contribution in [3.05, 3.63) is 12.2 Å². The van der Waals surface area contributed by atoms with Gasteiger partial charge in [-0.25, -0.2) is 4.98 Å². The minimum Gasteiger partial charge on any atom is -0.345 e. The number of piperazine rings is 1. The molecule has 7 nitrogen and oxygen atoms in total. The van der Waals surface area contributed by atoms with Crippen molar-refractivity contribution >= 4 is 11.8 Å². The van der Waals surface area contributed by atoms with Gasteiger partial charge in [0.05, 0.1) is 13.1 Å². The van der Waals surface area contributed by atoms with E-state index in [1.165, 1.54) is 6.33 Å². The molecule has 1 saturated heterocycles. The molecule has 1 aromatic heterocycles. The van der Waals surface area contributed by atoms with Crippen LogP contribution in [-0.2, 0) is 23.2 Å². The summed E-state index contributed by atoms with van der Waals surface area (Å²) in [6.45, 7) is 6.17. The molecule has 1 aliphatic heterocycles. The molecule has 1 fully saturated rings. The zero-order valence-corrected chi connectivity index (χ0v) is 11.7. The average Bonchev–Trinajstić information content (AvgIpc) is 2.68. The molecule has 1 unspecified atom stereocenters. The Labute approximate surface area is 112 Å². The van der Waals surface area contributed by atoms with E-state index in [1.807, 2.05) is 20.8 Å². The SMILES string of the molecule is Cn1ncnc1CN1C(=O)CNC(=O)C1C(C)(C)C. The van der Waals surface area contributed by atoms with Gasteiger partial charge < -0.3 is 10.2 Å². The minimum atomic E-state index is -0.495. The molecule has 1 aromatic rings. The molecule has 0 saturated carbocycles. The maximum Gasteiger partial charge on any atom is 0.243 e. The summed E-state index contributed by atoms with van der Waals surface area (Å²) in [5.41, 5.74) is -0.335. The number of amides is 2. The third-order valence-corrected chi connectivity index (χ3v) is 3.23. The van der Waals surface area contributed by atoms with Crippen LogP contribution in [0.3, 0.4) is 0 Å². The van der Waals surface area contributed by atoms with Crippen LogP contribution in [-0.4, -0.2) is 44.1 Å². The van der Waals surface area contributed by atoms with Crippen molar-refractivity contribution in [2.45, 2.75) is 33.4 Å². The normalized spacial score (nSPS) is 20.6. The van der Waals surface area contributed by atoms with E-state index in [0.29, 0.717) is 12.4 Å². The second-order valence-electron chi connectivity index (χ2n) is 5.81. The van der Waals surface area contributed by atoms with E-state index >= 15 is 0 Å². The van der Waals surface area contributed by atoms with Crippen LogP contribution >= 0.6 is 0 Å². The van der Waals surface area contributed by atoms with Gasteiger partial charge in [0.25, 0.3) is 0 Å². The van der Waals surface area contributed by atoms with Crippen molar-refractivity contribution in [2.24, 2.45) is 12.5 Å². The molecule has 0 spiro atoms. The van der Waals surface area contributed by atoms with E-state index in [-0.39, 0.29) is 23.8 Å². The number of nitrogens with one attached hydrogen (secondary N) is 1. The Morgan fingerprint density at radius 3 is 2.63 bits per heavy atom. The standard InChI is InChI=1S/C12H19N5O2/c1-12(2,3)10-11(19)13-5-9(18)17(10)6-8-14-7-15-16(8)4/h7,10H,5-6H2,1-4H3,(H,13,19). The zero-order valence-electron chi connectivity index (χ0n) is 11.7. The Morgan fingerprint density at radius 2 is 2.11 bits per heavy atom. The first-order valence-electron chi connectivity index (χ1n) is 6.21. The fraction of sp³-hybridized carbons (Fsp3) is 0.667. The summed E-state index contributed by atoms with van der Waals surface area (Å²) in [6, 6.07) is -0.495. The van der Waals surface area contributed by atoms with Crippen molar-refractivity contribution < 1.29 is 9.59 Å². The second-order valence-corrected chi connectivity index (χ2v) is 5.81. The van der Waals surface area contributed by atoms with Crippen LogP contribution in [0.5, 0.6) is 0 Å². The molecule has 104 valence electrons. The van der Waals surface area contributed by atoms with Crippen LogP contribution in [0.1, 0.15) is 26.6 Å². The lowest BCUT2D eigenvalue weighted by Gasteiger charge is -2.41. The summed E-state index contributed by atoms with van der Waals surface area (Å²) in [7, 11) is 1.77. The molecule has 1 N–H and O–H groups in total. The molecule has 0 aliphatic carbocycles. The van der Waals surface area contributed by atoms with E-state index in [4.69, 9.17) is 0 Å². The Bertz CT molecular complexity index is 502. The van der Waals surface area contributed by atoms with Crippen molar-refractivity contribution in [1.82, 2.24) is 25.0 Å². The summed E-state index contributed by atoms with van der Waals surface area (Å²) < 4.78 is 1.61. The molecule has 0 radical (unpaired) electrons. The maximum absolute atomic E-state index is 12.1. The summed E-state index contributed by atoms with van der Waals surface area (Å²) in [4.78, 5) is 29.8. The first-order valence-corrected chi connectivity index (χ1v) is 6.21. The predicted molar refractivity (Wildman–Crippen MR) is 67.8 cm³/mol. The van der Waals surface area contributed by atoms with Crippen molar-refractivity contribution in [3.8, 4) is 0 Å². The quantitative estimate of drug-likeness (QED) is 0.795. The second kappa shape index (κ2) is 4.64. The fourth-order valence-corrected chi connectivity index (χ4v) is 2.30. The minimum absolute atomic E-state index is 0.0449. The van der Waals surface area contributed by atoms with Gasteiger partial charge in [-0.15, -0.1) is 0 Å². The molecule has 1 aliphatic rings.